The van der Waals surface area contributed by atoms with Crippen molar-refractivity contribution in [3.63, 3.8) is 0 Å². The Balaban J connectivity index is 1.88. The van der Waals surface area contributed by atoms with E-state index in [-0.39, 0.29) is 0 Å². The Kier molecular flexibility index (Phi) is 3.32. The molecule has 0 N–H and O–H groups in total. The third-order valence-corrected chi connectivity index (χ3v) is 5.32. The van der Waals surface area contributed by atoms with Crippen LogP contribution >= 0.6 is 0 Å². The minimum Gasteiger partial charge on any atom is -0.455 e. The monoisotopic (exact) mass is 376 g/mol. The van der Waals surface area contributed by atoms with Crippen molar-refractivity contribution in [1.82, 2.24) is 20.0 Å². The summed E-state index contributed by atoms with van der Waals surface area (Å²) in [6.07, 6.45) is 0. The molecular weight excluding hydrogens is 360 g/mol. The van der Waals surface area contributed by atoms with E-state index in [1.807, 2.05) is 42.5 Å². The van der Waals surface area contributed by atoms with Crippen molar-refractivity contribution in [2.24, 2.45) is 0 Å². The predicted octanol–water partition coefficient (Wildman–Crippen LogP) is 5.67. The third-order valence-electron chi connectivity index (χ3n) is 5.32. The van der Waals surface area contributed by atoms with E-state index in [0.29, 0.717) is 5.65 Å². The fourth-order valence-electron chi connectivity index (χ4n) is 4.03. The first-order valence-corrected chi connectivity index (χ1v) is 9.49. The first-order valence-electron chi connectivity index (χ1n) is 9.49. The van der Waals surface area contributed by atoms with Gasteiger partial charge in [-0.3, -0.25) is 0 Å². The molecule has 5 heteroatoms. The van der Waals surface area contributed by atoms with Gasteiger partial charge in [0, 0.05) is 16.5 Å². The molecule has 6 aromatic rings. The molecule has 0 aliphatic carbocycles. The Morgan fingerprint density at radius 1 is 0.828 bits per heavy atom. The van der Waals surface area contributed by atoms with E-state index in [9.17, 15) is 0 Å². The number of benzene rings is 3. The summed E-state index contributed by atoms with van der Waals surface area (Å²) in [5.74, 6) is 0.825. The van der Waals surface area contributed by atoms with Gasteiger partial charge in [0.2, 0.25) is 0 Å². The fraction of sp³-hybridized carbons (Fsp3) is 0.0417. The summed E-state index contributed by atoms with van der Waals surface area (Å²) in [7, 11) is 0. The summed E-state index contributed by atoms with van der Waals surface area (Å²) in [4.78, 5) is 0. The molecule has 0 aliphatic heterocycles. The highest BCUT2D eigenvalue weighted by Crippen LogP contribution is 2.44. The van der Waals surface area contributed by atoms with E-state index < -0.39 is 0 Å². The molecule has 0 spiro atoms. The second-order valence-electron chi connectivity index (χ2n) is 7.18. The van der Waals surface area contributed by atoms with Crippen LogP contribution < -0.4 is 0 Å². The SMILES string of the molecule is Cc1ccc2c(c1)c1oc(-c3ccccc3)c(-c3ccccc3)c1c1nnnn21. The first-order chi connectivity index (χ1) is 14.3. The van der Waals surface area contributed by atoms with Crippen LogP contribution in [0.1, 0.15) is 5.56 Å². The molecule has 6 rings (SSSR count). The summed E-state index contributed by atoms with van der Waals surface area (Å²) in [6.45, 7) is 2.08. The summed E-state index contributed by atoms with van der Waals surface area (Å²) in [5.41, 5.74) is 6.69. The molecule has 0 unspecified atom stereocenters. The lowest BCUT2D eigenvalue weighted by Crippen LogP contribution is -1.93. The molecule has 0 saturated carbocycles. The molecule has 138 valence electrons. The van der Waals surface area contributed by atoms with Crippen LogP contribution in [0, 0.1) is 6.92 Å². The zero-order valence-corrected chi connectivity index (χ0v) is 15.7. The van der Waals surface area contributed by atoms with Gasteiger partial charge in [-0.25, -0.2) is 0 Å². The summed E-state index contributed by atoms with van der Waals surface area (Å²) < 4.78 is 8.38. The highest BCUT2D eigenvalue weighted by molar-refractivity contribution is 6.17. The van der Waals surface area contributed by atoms with E-state index in [4.69, 9.17) is 4.42 Å². The number of aromatic nitrogens is 4. The van der Waals surface area contributed by atoms with Crippen molar-refractivity contribution in [3.05, 3.63) is 84.4 Å². The van der Waals surface area contributed by atoms with Gasteiger partial charge in [-0.2, -0.15) is 4.52 Å². The van der Waals surface area contributed by atoms with Crippen LogP contribution in [0.2, 0.25) is 0 Å². The smallest absolute Gasteiger partial charge is 0.191 e. The molecule has 0 amide bonds. The predicted molar refractivity (Wildman–Crippen MR) is 114 cm³/mol. The Labute approximate surface area is 166 Å². The van der Waals surface area contributed by atoms with E-state index in [1.165, 1.54) is 0 Å². The molecule has 29 heavy (non-hydrogen) atoms. The number of tetrazole rings is 1. The summed E-state index contributed by atoms with van der Waals surface area (Å²) in [6, 6.07) is 26.7. The first kappa shape index (κ1) is 16.0. The van der Waals surface area contributed by atoms with Crippen LogP contribution in [0.5, 0.6) is 0 Å². The quantitative estimate of drug-likeness (QED) is 0.391. The van der Waals surface area contributed by atoms with Gasteiger partial charge in [0.05, 0.1) is 10.9 Å². The van der Waals surface area contributed by atoms with Crippen LogP contribution in [0.25, 0.3) is 50.0 Å². The summed E-state index contributed by atoms with van der Waals surface area (Å²) in [5, 5.41) is 14.5. The molecule has 3 heterocycles. The topological polar surface area (TPSA) is 56.2 Å². The lowest BCUT2D eigenvalue weighted by atomic mass is 9.98. The van der Waals surface area contributed by atoms with Crippen LogP contribution in [0.3, 0.4) is 0 Å². The number of pyridine rings is 1. The Morgan fingerprint density at radius 3 is 2.31 bits per heavy atom. The maximum atomic E-state index is 6.58. The Bertz CT molecular complexity index is 1500. The Morgan fingerprint density at radius 2 is 1.55 bits per heavy atom. The van der Waals surface area contributed by atoms with Gasteiger partial charge in [0.1, 0.15) is 11.3 Å². The molecular formula is C24H16N4O. The number of furan rings is 1. The minimum atomic E-state index is 0.695. The average Bonchev–Trinajstić information content (AvgIpc) is 3.40. The van der Waals surface area contributed by atoms with Crippen LogP contribution in [0.4, 0.5) is 0 Å². The maximum absolute atomic E-state index is 6.58. The maximum Gasteiger partial charge on any atom is 0.191 e. The van der Waals surface area contributed by atoms with Gasteiger partial charge >= 0.3 is 0 Å². The van der Waals surface area contributed by atoms with Gasteiger partial charge in [-0.15, -0.1) is 5.10 Å². The molecule has 0 aliphatic rings. The van der Waals surface area contributed by atoms with Crippen LogP contribution in [0.15, 0.2) is 83.3 Å². The largest absolute Gasteiger partial charge is 0.455 e. The molecule has 0 fully saturated rings. The molecule has 0 bridgehead atoms. The number of fused-ring (bicyclic) bond motifs is 6. The van der Waals surface area contributed by atoms with Gasteiger partial charge in [-0.1, -0.05) is 72.3 Å². The van der Waals surface area contributed by atoms with Crippen molar-refractivity contribution in [2.75, 3.05) is 0 Å². The molecule has 5 nitrogen and oxygen atoms in total. The molecule has 3 aromatic heterocycles. The zero-order valence-electron chi connectivity index (χ0n) is 15.7. The van der Waals surface area contributed by atoms with Gasteiger partial charge in [0.15, 0.2) is 5.65 Å². The highest BCUT2D eigenvalue weighted by Gasteiger charge is 2.24. The van der Waals surface area contributed by atoms with Gasteiger partial charge < -0.3 is 4.42 Å². The number of rotatable bonds is 2. The van der Waals surface area contributed by atoms with Gasteiger partial charge in [0.25, 0.3) is 0 Å². The highest BCUT2D eigenvalue weighted by atomic mass is 16.3. The molecule has 0 saturated heterocycles. The van der Waals surface area contributed by atoms with Crippen molar-refractivity contribution in [3.8, 4) is 22.5 Å². The lowest BCUT2D eigenvalue weighted by Gasteiger charge is -2.05. The number of hydrogen-bond acceptors (Lipinski definition) is 4. The zero-order chi connectivity index (χ0) is 19.4. The average molecular weight is 376 g/mol. The standard InChI is InChI=1S/C24H16N4O/c1-15-12-13-19-18(14-15)23-21(24-25-26-27-28(19)24)20(16-8-4-2-5-9-16)22(29-23)17-10-6-3-7-11-17/h2-14H,1H3. The normalized spacial score (nSPS) is 11.6. The lowest BCUT2D eigenvalue weighted by molar-refractivity contribution is 0.635. The molecule has 0 radical (unpaired) electrons. The van der Waals surface area contributed by atoms with E-state index in [0.717, 1.165) is 49.9 Å². The van der Waals surface area contributed by atoms with Crippen LogP contribution in [-0.2, 0) is 0 Å². The van der Waals surface area contributed by atoms with Crippen LogP contribution in [-0.4, -0.2) is 20.0 Å². The second kappa shape index (κ2) is 6.01. The van der Waals surface area contributed by atoms with E-state index >= 15 is 0 Å². The second-order valence-corrected chi connectivity index (χ2v) is 7.18. The van der Waals surface area contributed by atoms with Crippen molar-refractivity contribution >= 4 is 27.5 Å². The van der Waals surface area contributed by atoms with Gasteiger partial charge in [-0.05, 0) is 35.0 Å². The fourth-order valence-corrected chi connectivity index (χ4v) is 4.03. The molecule has 3 aromatic carbocycles. The van der Waals surface area contributed by atoms with E-state index in [1.54, 1.807) is 4.52 Å². The number of hydrogen-bond donors (Lipinski definition) is 0. The van der Waals surface area contributed by atoms with Crippen molar-refractivity contribution < 1.29 is 4.42 Å². The number of aryl methyl sites for hydroxylation is 1. The summed E-state index contributed by atoms with van der Waals surface area (Å²) >= 11 is 0. The Hall–Kier alpha value is -3.99. The van der Waals surface area contributed by atoms with E-state index in [2.05, 4.69) is 58.8 Å². The van der Waals surface area contributed by atoms with Crippen molar-refractivity contribution in [1.29, 1.82) is 0 Å². The third kappa shape index (κ3) is 2.31. The minimum absolute atomic E-state index is 0.695. The molecule has 0 atom stereocenters. The van der Waals surface area contributed by atoms with Crippen molar-refractivity contribution in [2.45, 2.75) is 6.92 Å². The number of nitrogens with zero attached hydrogens (tertiary/aromatic N) is 4.